The Kier molecular flexibility index (Phi) is 4.52. The third-order valence-electron chi connectivity index (χ3n) is 2.54. The molecular formula is C13H22O2. The maximum Gasteiger partial charge on any atom is 0.184 e. The number of rotatable bonds is 3. The Labute approximate surface area is 92.7 Å². The van der Waals surface area contributed by atoms with E-state index in [0.717, 1.165) is 24.8 Å². The van der Waals surface area contributed by atoms with E-state index in [1.165, 1.54) is 12.8 Å². The Morgan fingerprint density at radius 3 is 2.73 bits per heavy atom. The molecule has 0 amide bonds. The highest BCUT2D eigenvalue weighted by Crippen LogP contribution is 2.18. The van der Waals surface area contributed by atoms with Crippen LogP contribution in [0.25, 0.3) is 0 Å². The summed E-state index contributed by atoms with van der Waals surface area (Å²) >= 11 is 0. The van der Waals surface area contributed by atoms with E-state index in [2.05, 4.69) is 6.08 Å². The predicted octanol–water partition coefficient (Wildman–Crippen LogP) is 3.26. The molecule has 1 aliphatic carbocycles. The number of hydrogen-bond donors (Lipinski definition) is 0. The monoisotopic (exact) mass is 210 g/mol. The van der Waals surface area contributed by atoms with Gasteiger partial charge in [-0.1, -0.05) is 12.5 Å². The molecule has 0 heterocycles. The molecule has 0 aromatic heterocycles. The number of Topliss-reactive ketones (excluding diaryl/α,β-unsaturated/α-hetero) is 1. The van der Waals surface area contributed by atoms with Crippen molar-refractivity contribution in [3.8, 4) is 0 Å². The second-order valence-electron chi connectivity index (χ2n) is 5.15. The van der Waals surface area contributed by atoms with Gasteiger partial charge < -0.3 is 4.74 Å². The molecule has 0 aromatic carbocycles. The SMILES string of the molecule is CC(C)(C)OCC(=O)C1=CCCCCC1. The molecule has 1 rings (SSSR count). The van der Waals surface area contributed by atoms with Crippen molar-refractivity contribution < 1.29 is 9.53 Å². The van der Waals surface area contributed by atoms with Gasteiger partial charge in [0.05, 0.1) is 5.60 Å². The molecule has 0 bridgehead atoms. The summed E-state index contributed by atoms with van der Waals surface area (Å²) in [6.45, 7) is 6.15. The summed E-state index contributed by atoms with van der Waals surface area (Å²) in [5.41, 5.74) is 0.762. The molecule has 0 saturated carbocycles. The van der Waals surface area contributed by atoms with Crippen molar-refractivity contribution >= 4 is 5.78 Å². The molecule has 86 valence electrons. The van der Waals surface area contributed by atoms with Crippen LogP contribution >= 0.6 is 0 Å². The maximum atomic E-state index is 11.8. The zero-order valence-corrected chi connectivity index (χ0v) is 10.1. The molecule has 1 aliphatic rings. The lowest BCUT2D eigenvalue weighted by Crippen LogP contribution is -2.24. The van der Waals surface area contributed by atoms with E-state index < -0.39 is 0 Å². The van der Waals surface area contributed by atoms with E-state index >= 15 is 0 Å². The summed E-state index contributed by atoms with van der Waals surface area (Å²) in [7, 11) is 0. The zero-order valence-electron chi connectivity index (χ0n) is 10.1. The number of carbonyl (C=O) groups excluding carboxylic acids is 1. The van der Waals surface area contributed by atoms with Crippen molar-refractivity contribution in [2.24, 2.45) is 0 Å². The lowest BCUT2D eigenvalue weighted by Gasteiger charge is -2.19. The highest BCUT2D eigenvalue weighted by atomic mass is 16.5. The van der Waals surface area contributed by atoms with Crippen LogP contribution in [0.4, 0.5) is 0 Å². The van der Waals surface area contributed by atoms with Crippen LogP contribution in [-0.4, -0.2) is 18.0 Å². The minimum absolute atomic E-state index is 0.173. The van der Waals surface area contributed by atoms with E-state index in [4.69, 9.17) is 4.74 Å². The van der Waals surface area contributed by atoms with Crippen molar-refractivity contribution in [3.05, 3.63) is 11.6 Å². The van der Waals surface area contributed by atoms with Gasteiger partial charge in [0, 0.05) is 0 Å². The zero-order chi connectivity index (χ0) is 11.3. The molecule has 0 unspecified atom stereocenters. The topological polar surface area (TPSA) is 26.3 Å². The van der Waals surface area contributed by atoms with Crippen LogP contribution in [0, 0.1) is 0 Å². The van der Waals surface area contributed by atoms with Crippen LogP contribution in [0.2, 0.25) is 0 Å². The Morgan fingerprint density at radius 2 is 2.07 bits per heavy atom. The van der Waals surface area contributed by atoms with Crippen LogP contribution in [0.15, 0.2) is 11.6 Å². The van der Waals surface area contributed by atoms with Crippen LogP contribution in [-0.2, 0) is 9.53 Å². The quantitative estimate of drug-likeness (QED) is 0.714. The molecule has 0 saturated heterocycles. The molecule has 15 heavy (non-hydrogen) atoms. The van der Waals surface area contributed by atoms with Gasteiger partial charge in [-0.25, -0.2) is 0 Å². The third kappa shape index (κ3) is 5.12. The van der Waals surface area contributed by atoms with Crippen molar-refractivity contribution in [2.75, 3.05) is 6.61 Å². The van der Waals surface area contributed by atoms with Gasteiger partial charge in [0.2, 0.25) is 0 Å². The second kappa shape index (κ2) is 5.45. The molecule has 0 spiro atoms. The molecule has 2 heteroatoms. The van der Waals surface area contributed by atoms with Crippen molar-refractivity contribution in [1.29, 1.82) is 0 Å². The average molecular weight is 210 g/mol. The van der Waals surface area contributed by atoms with Gasteiger partial charge in [0.1, 0.15) is 6.61 Å². The van der Waals surface area contributed by atoms with Gasteiger partial charge in [0.25, 0.3) is 0 Å². The highest BCUT2D eigenvalue weighted by Gasteiger charge is 2.16. The van der Waals surface area contributed by atoms with Crippen LogP contribution in [0.3, 0.4) is 0 Å². The van der Waals surface area contributed by atoms with Gasteiger partial charge >= 0.3 is 0 Å². The first-order valence-electron chi connectivity index (χ1n) is 5.85. The fourth-order valence-corrected chi connectivity index (χ4v) is 1.64. The van der Waals surface area contributed by atoms with E-state index in [-0.39, 0.29) is 18.0 Å². The Balaban J connectivity index is 2.42. The predicted molar refractivity (Wildman–Crippen MR) is 61.9 cm³/mol. The first kappa shape index (κ1) is 12.4. The molecule has 2 nitrogen and oxygen atoms in total. The van der Waals surface area contributed by atoms with Gasteiger partial charge in [-0.3, -0.25) is 4.79 Å². The first-order chi connectivity index (χ1) is 6.99. The molecule has 0 fully saturated rings. The second-order valence-corrected chi connectivity index (χ2v) is 5.15. The minimum Gasteiger partial charge on any atom is -0.368 e. The molecule has 0 radical (unpaired) electrons. The van der Waals surface area contributed by atoms with E-state index in [9.17, 15) is 4.79 Å². The van der Waals surface area contributed by atoms with Gasteiger partial charge in [-0.15, -0.1) is 0 Å². The number of ether oxygens (including phenoxy) is 1. The molecule has 0 N–H and O–H groups in total. The normalized spacial score (nSPS) is 18.2. The van der Waals surface area contributed by atoms with Crippen molar-refractivity contribution in [1.82, 2.24) is 0 Å². The lowest BCUT2D eigenvalue weighted by atomic mass is 10.1. The lowest BCUT2D eigenvalue weighted by molar-refractivity contribution is -0.124. The van der Waals surface area contributed by atoms with Crippen LogP contribution < -0.4 is 0 Å². The van der Waals surface area contributed by atoms with E-state index in [1.807, 2.05) is 20.8 Å². The smallest absolute Gasteiger partial charge is 0.184 e. The highest BCUT2D eigenvalue weighted by molar-refractivity contribution is 5.96. The molecule has 0 atom stereocenters. The average Bonchev–Trinajstić information content (AvgIpc) is 2.41. The first-order valence-corrected chi connectivity index (χ1v) is 5.85. The molecule has 0 aromatic rings. The minimum atomic E-state index is -0.221. The number of carbonyl (C=O) groups is 1. The Morgan fingerprint density at radius 1 is 1.33 bits per heavy atom. The number of hydrogen-bond acceptors (Lipinski definition) is 2. The fraction of sp³-hybridized carbons (Fsp3) is 0.769. The number of ketones is 1. The standard InChI is InChI=1S/C13H22O2/c1-13(2,3)15-10-12(14)11-8-6-4-5-7-9-11/h8H,4-7,9-10H2,1-3H3. The van der Waals surface area contributed by atoms with Crippen molar-refractivity contribution in [3.63, 3.8) is 0 Å². The summed E-state index contributed by atoms with van der Waals surface area (Å²) < 4.78 is 5.49. The van der Waals surface area contributed by atoms with Gasteiger partial charge in [-0.05, 0) is 52.0 Å². The van der Waals surface area contributed by atoms with Crippen molar-refractivity contribution in [2.45, 2.75) is 58.5 Å². The number of allylic oxidation sites excluding steroid dienone is 1. The summed E-state index contributed by atoms with van der Waals surface area (Å²) in [4.78, 5) is 11.8. The van der Waals surface area contributed by atoms with E-state index in [0.29, 0.717) is 0 Å². The molecular weight excluding hydrogens is 188 g/mol. The Bertz CT molecular complexity index is 246. The summed E-state index contributed by atoms with van der Waals surface area (Å²) in [6, 6.07) is 0. The van der Waals surface area contributed by atoms with Gasteiger partial charge in [-0.2, -0.15) is 0 Å². The van der Waals surface area contributed by atoms with Crippen LogP contribution in [0.5, 0.6) is 0 Å². The Hall–Kier alpha value is -0.630. The molecule has 0 aliphatic heterocycles. The summed E-state index contributed by atoms with van der Waals surface area (Å²) in [5.74, 6) is 0.173. The fourth-order valence-electron chi connectivity index (χ4n) is 1.64. The van der Waals surface area contributed by atoms with E-state index in [1.54, 1.807) is 0 Å². The largest absolute Gasteiger partial charge is 0.368 e. The summed E-state index contributed by atoms with van der Waals surface area (Å²) in [6.07, 6.45) is 7.70. The third-order valence-corrected chi connectivity index (χ3v) is 2.54. The van der Waals surface area contributed by atoms with Gasteiger partial charge in [0.15, 0.2) is 5.78 Å². The maximum absolute atomic E-state index is 11.8. The summed E-state index contributed by atoms with van der Waals surface area (Å²) in [5, 5.41) is 0. The van der Waals surface area contributed by atoms with Crippen LogP contribution in [0.1, 0.15) is 52.9 Å².